The number of furan rings is 1. The summed E-state index contributed by atoms with van der Waals surface area (Å²) in [5.74, 6) is 0.664. The summed E-state index contributed by atoms with van der Waals surface area (Å²) in [7, 11) is 0. The van der Waals surface area contributed by atoms with Crippen molar-refractivity contribution in [2.45, 2.75) is 0 Å². The van der Waals surface area contributed by atoms with Crippen LogP contribution >= 0.6 is 11.6 Å². The van der Waals surface area contributed by atoms with E-state index in [-0.39, 0.29) is 0 Å². The van der Waals surface area contributed by atoms with Crippen molar-refractivity contribution in [3.63, 3.8) is 0 Å². The van der Waals surface area contributed by atoms with Crippen LogP contribution < -0.4 is 0 Å². The van der Waals surface area contributed by atoms with Crippen molar-refractivity contribution in [3.8, 4) is 56.2 Å². The fourth-order valence-electron chi connectivity index (χ4n) is 6.51. The van der Waals surface area contributed by atoms with Gasteiger partial charge in [0.15, 0.2) is 5.82 Å². The Morgan fingerprint density at radius 2 is 1.00 bits per heavy atom. The number of hydrogen-bond donors (Lipinski definition) is 0. The lowest BCUT2D eigenvalue weighted by Gasteiger charge is -2.11. The zero-order valence-electron chi connectivity index (χ0n) is 25.8. The monoisotopic (exact) mass is 634 g/mol. The third kappa shape index (κ3) is 5.11. The zero-order valence-corrected chi connectivity index (χ0v) is 26.5. The predicted molar refractivity (Wildman–Crippen MR) is 199 cm³/mol. The molecule has 0 aliphatic carbocycles. The molecule has 0 spiro atoms. The maximum absolute atomic E-state index is 6.59. The predicted octanol–water partition coefficient (Wildman–Crippen LogP) is 12.5. The van der Waals surface area contributed by atoms with Crippen LogP contribution in [-0.2, 0) is 0 Å². The van der Waals surface area contributed by atoms with Gasteiger partial charge in [0.1, 0.15) is 11.2 Å². The summed E-state index contributed by atoms with van der Waals surface area (Å²) in [5, 5.41) is 5.14. The lowest BCUT2D eigenvalue weighted by atomic mass is 9.98. The Kier molecular flexibility index (Phi) is 6.84. The van der Waals surface area contributed by atoms with E-state index in [1.807, 2.05) is 54.6 Å². The first-order valence-corrected chi connectivity index (χ1v) is 16.3. The van der Waals surface area contributed by atoms with Gasteiger partial charge in [0.25, 0.3) is 0 Å². The van der Waals surface area contributed by atoms with E-state index in [9.17, 15) is 0 Å². The van der Waals surface area contributed by atoms with E-state index in [1.54, 1.807) is 0 Å². The molecule has 226 valence electrons. The van der Waals surface area contributed by atoms with Gasteiger partial charge in [-0.2, -0.15) is 0 Å². The van der Waals surface area contributed by atoms with Crippen molar-refractivity contribution in [3.05, 3.63) is 169 Å². The van der Waals surface area contributed by atoms with Crippen LogP contribution in [0.4, 0.5) is 0 Å². The molecule has 4 heteroatoms. The molecular weight excluding hydrogens is 608 g/mol. The maximum Gasteiger partial charge on any atom is 0.160 e. The Labute approximate surface area is 282 Å². The van der Waals surface area contributed by atoms with Gasteiger partial charge in [0.2, 0.25) is 0 Å². The number of nitrogens with zero attached hydrogens (tertiary/aromatic N) is 2. The number of fused-ring (bicyclic) bond motifs is 5. The SMILES string of the molecule is Clc1cc(-c2ccccc2)cc(-c2ccc(-c3nc(-c4ccccc4)cc(-c4ccc5oc6c7ccccc7ccc6c5c4)n3)cc2)c1. The molecule has 0 radical (unpaired) electrons. The summed E-state index contributed by atoms with van der Waals surface area (Å²) in [6.07, 6.45) is 0. The van der Waals surface area contributed by atoms with E-state index in [0.29, 0.717) is 10.8 Å². The number of rotatable bonds is 5. The van der Waals surface area contributed by atoms with Gasteiger partial charge in [0, 0.05) is 37.9 Å². The van der Waals surface area contributed by atoms with Gasteiger partial charge in [-0.25, -0.2) is 9.97 Å². The van der Waals surface area contributed by atoms with Gasteiger partial charge in [0.05, 0.1) is 11.4 Å². The summed E-state index contributed by atoms with van der Waals surface area (Å²) in [4.78, 5) is 10.2. The normalized spacial score (nSPS) is 11.4. The molecule has 0 fully saturated rings. The van der Waals surface area contributed by atoms with Gasteiger partial charge >= 0.3 is 0 Å². The summed E-state index contributed by atoms with van der Waals surface area (Å²) in [6.45, 7) is 0. The van der Waals surface area contributed by atoms with Crippen molar-refractivity contribution in [1.82, 2.24) is 9.97 Å². The summed E-state index contributed by atoms with van der Waals surface area (Å²) < 4.78 is 6.39. The Balaban J connectivity index is 1.14. The number of benzene rings is 7. The highest BCUT2D eigenvalue weighted by Gasteiger charge is 2.15. The lowest BCUT2D eigenvalue weighted by molar-refractivity contribution is 0.672. The summed E-state index contributed by atoms with van der Waals surface area (Å²) in [5.41, 5.74) is 10.8. The third-order valence-corrected chi connectivity index (χ3v) is 9.15. The van der Waals surface area contributed by atoms with Crippen molar-refractivity contribution in [1.29, 1.82) is 0 Å². The van der Waals surface area contributed by atoms with Gasteiger partial charge in [-0.3, -0.25) is 0 Å². The van der Waals surface area contributed by atoms with E-state index in [1.165, 1.54) is 0 Å². The summed E-state index contributed by atoms with van der Waals surface area (Å²) in [6, 6.07) is 56.2. The van der Waals surface area contributed by atoms with Crippen molar-refractivity contribution < 1.29 is 4.42 Å². The second-order valence-corrected chi connectivity index (χ2v) is 12.4. The average Bonchev–Trinajstić information content (AvgIpc) is 3.54. The molecule has 3 nitrogen and oxygen atoms in total. The Morgan fingerprint density at radius 3 is 1.75 bits per heavy atom. The molecule has 0 saturated carbocycles. The van der Waals surface area contributed by atoms with Gasteiger partial charge < -0.3 is 4.42 Å². The Bertz CT molecular complexity index is 2610. The third-order valence-electron chi connectivity index (χ3n) is 8.93. The smallest absolute Gasteiger partial charge is 0.160 e. The molecule has 0 unspecified atom stereocenters. The molecule has 0 saturated heterocycles. The topological polar surface area (TPSA) is 38.9 Å². The molecule has 0 atom stereocenters. The van der Waals surface area contributed by atoms with E-state index >= 15 is 0 Å². The van der Waals surface area contributed by atoms with Gasteiger partial charge in [-0.05, 0) is 76.2 Å². The van der Waals surface area contributed by atoms with Crippen LogP contribution in [0, 0.1) is 0 Å². The molecule has 9 aromatic rings. The van der Waals surface area contributed by atoms with E-state index in [4.69, 9.17) is 26.0 Å². The maximum atomic E-state index is 6.59. The van der Waals surface area contributed by atoms with E-state index in [2.05, 4.69) is 109 Å². The molecule has 2 aromatic heterocycles. The number of halogens is 1. The number of hydrogen-bond acceptors (Lipinski definition) is 3. The van der Waals surface area contributed by atoms with Crippen LogP contribution in [0.2, 0.25) is 5.02 Å². The van der Waals surface area contributed by atoms with Crippen LogP contribution in [0.3, 0.4) is 0 Å². The van der Waals surface area contributed by atoms with Crippen molar-refractivity contribution in [2.24, 2.45) is 0 Å². The first kappa shape index (κ1) is 28.2. The van der Waals surface area contributed by atoms with Gasteiger partial charge in [-0.15, -0.1) is 0 Å². The summed E-state index contributed by atoms with van der Waals surface area (Å²) >= 11 is 6.59. The molecule has 9 rings (SSSR count). The molecule has 48 heavy (non-hydrogen) atoms. The Morgan fingerprint density at radius 1 is 0.396 bits per heavy atom. The minimum atomic E-state index is 0.664. The van der Waals surface area contributed by atoms with Crippen LogP contribution in [-0.4, -0.2) is 9.97 Å². The van der Waals surface area contributed by atoms with Crippen LogP contribution in [0.25, 0.3) is 88.9 Å². The highest BCUT2D eigenvalue weighted by Crippen LogP contribution is 2.37. The van der Waals surface area contributed by atoms with Crippen molar-refractivity contribution >= 4 is 44.3 Å². The molecule has 7 aromatic carbocycles. The molecule has 0 N–H and O–H groups in total. The van der Waals surface area contributed by atoms with Crippen LogP contribution in [0.1, 0.15) is 0 Å². The fraction of sp³-hybridized carbons (Fsp3) is 0. The first-order valence-electron chi connectivity index (χ1n) is 15.9. The molecule has 0 aliphatic heterocycles. The average molecular weight is 635 g/mol. The van der Waals surface area contributed by atoms with Crippen LogP contribution in [0.5, 0.6) is 0 Å². The molecule has 2 heterocycles. The highest BCUT2D eigenvalue weighted by molar-refractivity contribution is 6.31. The minimum Gasteiger partial charge on any atom is -0.455 e. The van der Waals surface area contributed by atoms with Gasteiger partial charge in [-0.1, -0.05) is 127 Å². The Hall–Kier alpha value is -6.03. The lowest BCUT2D eigenvalue weighted by Crippen LogP contribution is -1.96. The second kappa shape index (κ2) is 11.6. The molecule has 0 aliphatic rings. The molecular formula is C44H27ClN2O. The molecule has 0 bridgehead atoms. The minimum absolute atomic E-state index is 0.664. The highest BCUT2D eigenvalue weighted by atomic mass is 35.5. The number of aromatic nitrogens is 2. The standard InChI is InChI=1S/C44H27ClN2O/c45-36-24-34(28-9-3-1-4-10-28)23-35(25-36)29-15-17-32(18-16-29)44-46-40(31-12-5-2-6-13-31)27-41(47-44)33-20-22-42-39(26-33)38-21-19-30-11-7-8-14-37(30)43(38)48-42/h1-27H. The first-order chi connectivity index (χ1) is 23.7. The fourth-order valence-corrected chi connectivity index (χ4v) is 6.75. The quantitative estimate of drug-likeness (QED) is 0.189. The van der Waals surface area contributed by atoms with E-state index in [0.717, 1.165) is 83.0 Å². The van der Waals surface area contributed by atoms with Crippen LogP contribution in [0.15, 0.2) is 168 Å². The van der Waals surface area contributed by atoms with Crippen molar-refractivity contribution in [2.75, 3.05) is 0 Å². The molecule has 0 amide bonds. The zero-order chi connectivity index (χ0) is 32.0. The largest absolute Gasteiger partial charge is 0.455 e. The van der Waals surface area contributed by atoms with E-state index < -0.39 is 0 Å². The second-order valence-electron chi connectivity index (χ2n) is 12.0.